The Kier molecular flexibility index (Phi) is 8.67. The van der Waals surface area contributed by atoms with Crippen LogP contribution in [0.4, 0.5) is 0 Å². The molecule has 0 aromatic heterocycles. The highest BCUT2D eigenvalue weighted by Crippen LogP contribution is 2.22. The average molecular weight is 485 g/mol. The Morgan fingerprint density at radius 3 is 1.80 bits per heavy atom. The Labute approximate surface area is 187 Å². The number of ether oxygens (including phenoxy) is 3. The second-order valence-electron chi connectivity index (χ2n) is 9.60. The van der Waals surface area contributed by atoms with Gasteiger partial charge in [0.15, 0.2) is 0 Å². The van der Waals surface area contributed by atoms with Gasteiger partial charge in [-0.15, -0.1) is 0 Å². The summed E-state index contributed by atoms with van der Waals surface area (Å²) in [4.78, 5) is 37.1. The molecule has 0 radical (unpaired) electrons. The molecule has 0 fully saturated rings. The number of alkyl halides is 1. The molecule has 0 saturated heterocycles. The summed E-state index contributed by atoms with van der Waals surface area (Å²) in [7, 11) is 0. The molecule has 6 nitrogen and oxygen atoms in total. The zero-order chi connectivity index (χ0) is 23.3. The molecular weight excluding hydrogens is 452 g/mol. The molecule has 1 aromatic carbocycles. The quantitative estimate of drug-likeness (QED) is 0.227. The topological polar surface area (TPSA) is 78.9 Å². The molecule has 0 unspecified atom stereocenters. The van der Waals surface area contributed by atoms with Gasteiger partial charge in [-0.1, -0.05) is 22.0 Å². The van der Waals surface area contributed by atoms with Crippen molar-refractivity contribution in [2.45, 2.75) is 83.8 Å². The van der Waals surface area contributed by atoms with Crippen molar-refractivity contribution in [2.75, 3.05) is 6.61 Å². The zero-order valence-corrected chi connectivity index (χ0v) is 20.8. The molecule has 7 heteroatoms. The molecule has 30 heavy (non-hydrogen) atoms. The van der Waals surface area contributed by atoms with Crippen LogP contribution in [0.15, 0.2) is 18.2 Å². The van der Waals surface area contributed by atoms with Gasteiger partial charge in [-0.2, -0.15) is 0 Å². The molecule has 1 rings (SSSR count). The van der Waals surface area contributed by atoms with Crippen LogP contribution >= 0.6 is 15.9 Å². The minimum Gasteiger partial charge on any atom is -0.465 e. The van der Waals surface area contributed by atoms with Crippen molar-refractivity contribution in [2.24, 2.45) is 0 Å². The molecule has 0 saturated carbocycles. The van der Waals surface area contributed by atoms with Crippen molar-refractivity contribution in [1.29, 1.82) is 0 Å². The third-order valence-corrected chi connectivity index (χ3v) is 3.97. The predicted octanol–water partition coefficient (Wildman–Crippen LogP) is 5.25. The average Bonchev–Trinajstić information content (AvgIpc) is 2.54. The summed E-state index contributed by atoms with van der Waals surface area (Å²) in [6.07, 6.45) is 1.15. The second kappa shape index (κ2) is 9.94. The lowest BCUT2D eigenvalue weighted by Gasteiger charge is -2.23. The van der Waals surface area contributed by atoms with Crippen molar-refractivity contribution >= 4 is 33.8 Å². The molecule has 1 aromatic rings. The summed E-state index contributed by atoms with van der Waals surface area (Å²) in [5, 5.41) is 0. The van der Waals surface area contributed by atoms with Crippen LogP contribution in [0.25, 0.3) is 0 Å². The Morgan fingerprint density at radius 1 is 0.833 bits per heavy atom. The number of esters is 3. The van der Waals surface area contributed by atoms with E-state index in [0.717, 1.165) is 5.56 Å². The summed E-state index contributed by atoms with van der Waals surface area (Å²) in [6.45, 7) is 14.3. The number of carbonyl (C=O) groups excluding carboxylic acids is 3. The van der Waals surface area contributed by atoms with Gasteiger partial charge in [0.25, 0.3) is 0 Å². The first-order chi connectivity index (χ1) is 13.5. The number of aryl methyl sites for hydroxylation is 1. The van der Waals surface area contributed by atoms with E-state index in [1.165, 1.54) is 0 Å². The largest absolute Gasteiger partial charge is 0.465 e. The molecule has 0 aliphatic rings. The maximum atomic E-state index is 12.7. The highest BCUT2D eigenvalue weighted by Gasteiger charge is 2.27. The highest BCUT2D eigenvalue weighted by atomic mass is 79.9. The van der Waals surface area contributed by atoms with Gasteiger partial charge in [0.1, 0.15) is 15.5 Å². The Hall–Kier alpha value is -1.89. The molecule has 0 spiro atoms. The van der Waals surface area contributed by atoms with Gasteiger partial charge in [-0.3, -0.25) is 4.79 Å². The van der Waals surface area contributed by atoms with E-state index < -0.39 is 27.5 Å². The number of benzene rings is 1. The van der Waals surface area contributed by atoms with E-state index in [1.54, 1.807) is 73.6 Å². The van der Waals surface area contributed by atoms with E-state index in [0.29, 0.717) is 12.8 Å². The van der Waals surface area contributed by atoms with Crippen LogP contribution in [-0.2, 0) is 25.4 Å². The van der Waals surface area contributed by atoms with Crippen molar-refractivity contribution in [3.63, 3.8) is 0 Å². The van der Waals surface area contributed by atoms with Gasteiger partial charge >= 0.3 is 17.9 Å². The van der Waals surface area contributed by atoms with Crippen LogP contribution in [0.3, 0.4) is 0 Å². The van der Waals surface area contributed by atoms with E-state index in [2.05, 4.69) is 15.9 Å². The van der Waals surface area contributed by atoms with E-state index in [-0.39, 0.29) is 23.7 Å². The number of hydrogen-bond donors (Lipinski definition) is 0. The summed E-state index contributed by atoms with van der Waals surface area (Å²) >= 11 is 3.26. The van der Waals surface area contributed by atoms with Crippen LogP contribution in [-0.4, -0.2) is 40.0 Å². The molecule has 0 aliphatic heterocycles. The van der Waals surface area contributed by atoms with E-state index in [9.17, 15) is 14.4 Å². The van der Waals surface area contributed by atoms with Gasteiger partial charge in [0.2, 0.25) is 0 Å². The molecule has 0 N–H and O–H groups in total. The fourth-order valence-corrected chi connectivity index (χ4v) is 2.49. The summed E-state index contributed by atoms with van der Waals surface area (Å²) in [5.41, 5.74) is -0.230. The standard InChI is InChI=1S/C23H33BrO6/c1-21(2,3)29-18(25)16-12-11-15(10-9-13-28-20(27)23(7,8)24)14-17(16)19(26)30-22(4,5)6/h11-12,14H,9-10,13H2,1-8H3. The third-order valence-electron chi connectivity index (χ3n) is 3.65. The normalized spacial score (nSPS) is 12.3. The van der Waals surface area contributed by atoms with Crippen molar-refractivity contribution in [3.8, 4) is 0 Å². The van der Waals surface area contributed by atoms with Crippen LogP contribution in [0, 0.1) is 0 Å². The lowest BCUT2D eigenvalue weighted by molar-refractivity contribution is -0.145. The van der Waals surface area contributed by atoms with Gasteiger partial charge in [-0.05, 0) is 85.9 Å². The first-order valence-corrected chi connectivity index (χ1v) is 10.7. The molecule has 0 amide bonds. The minimum atomic E-state index is -0.730. The maximum absolute atomic E-state index is 12.7. The van der Waals surface area contributed by atoms with Crippen LogP contribution in [0.2, 0.25) is 0 Å². The van der Waals surface area contributed by atoms with Crippen molar-refractivity contribution in [3.05, 3.63) is 34.9 Å². The summed E-state index contributed by atoms with van der Waals surface area (Å²) < 4.78 is 15.4. The van der Waals surface area contributed by atoms with Gasteiger partial charge in [0.05, 0.1) is 17.7 Å². The fraction of sp³-hybridized carbons (Fsp3) is 0.609. The third kappa shape index (κ3) is 9.28. The Morgan fingerprint density at radius 2 is 1.33 bits per heavy atom. The number of hydrogen-bond acceptors (Lipinski definition) is 6. The first-order valence-electron chi connectivity index (χ1n) is 9.95. The SMILES string of the molecule is CC(C)(C)OC(=O)c1ccc(CCCOC(=O)C(C)(C)Br)cc1C(=O)OC(C)(C)C. The fourth-order valence-electron chi connectivity index (χ4n) is 2.37. The monoisotopic (exact) mass is 484 g/mol. The minimum absolute atomic E-state index is 0.162. The van der Waals surface area contributed by atoms with Crippen molar-refractivity contribution in [1.82, 2.24) is 0 Å². The number of carbonyl (C=O) groups is 3. The second-order valence-corrected chi connectivity index (χ2v) is 11.6. The Balaban J connectivity index is 3.01. The molecule has 168 valence electrons. The van der Waals surface area contributed by atoms with E-state index >= 15 is 0 Å². The molecular formula is C23H33BrO6. The van der Waals surface area contributed by atoms with Crippen LogP contribution in [0.1, 0.15) is 88.1 Å². The van der Waals surface area contributed by atoms with Gasteiger partial charge in [0, 0.05) is 0 Å². The highest BCUT2D eigenvalue weighted by molar-refractivity contribution is 9.10. The van der Waals surface area contributed by atoms with Crippen LogP contribution < -0.4 is 0 Å². The lowest BCUT2D eigenvalue weighted by atomic mass is 10.0. The summed E-state index contributed by atoms with van der Waals surface area (Å²) in [5.74, 6) is -1.50. The smallest absolute Gasteiger partial charge is 0.339 e. The molecule has 0 atom stereocenters. The predicted molar refractivity (Wildman–Crippen MR) is 119 cm³/mol. The lowest BCUT2D eigenvalue weighted by Crippen LogP contribution is -2.28. The zero-order valence-electron chi connectivity index (χ0n) is 19.2. The Bertz CT molecular complexity index is 778. The van der Waals surface area contributed by atoms with E-state index in [1.807, 2.05) is 0 Å². The van der Waals surface area contributed by atoms with E-state index in [4.69, 9.17) is 14.2 Å². The number of rotatable bonds is 7. The van der Waals surface area contributed by atoms with Crippen LogP contribution in [0.5, 0.6) is 0 Å². The maximum Gasteiger partial charge on any atom is 0.339 e. The van der Waals surface area contributed by atoms with Crippen molar-refractivity contribution < 1.29 is 28.6 Å². The first kappa shape index (κ1) is 26.1. The van der Waals surface area contributed by atoms with Gasteiger partial charge in [-0.25, -0.2) is 9.59 Å². The molecule has 0 aliphatic carbocycles. The number of halogens is 1. The molecule has 0 bridgehead atoms. The molecule has 0 heterocycles. The van der Waals surface area contributed by atoms with Gasteiger partial charge < -0.3 is 14.2 Å². The summed E-state index contributed by atoms with van der Waals surface area (Å²) in [6, 6.07) is 4.99.